The van der Waals surface area contributed by atoms with Crippen LogP contribution in [0.5, 0.6) is 0 Å². The molecule has 2 aliphatic rings. The van der Waals surface area contributed by atoms with E-state index in [1.54, 1.807) is 26.8 Å². The number of nitrogens with one attached hydrogen (secondary N) is 1. The summed E-state index contributed by atoms with van der Waals surface area (Å²) >= 11 is 2.40. The molecule has 1 aromatic rings. The van der Waals surface area contributed by atoms with Gasteiger partial charge in [0.2, 0.25) is 6.79 Å². The summed E-state index contributed by atoms with van der Waals surface area (Å²) in [5.41, 5.74) is 5.19. The number of thiazole rings is 1. The van der Waals surface area contributed by atoms with Crippen LogP contribution in [0.25, 0.3) is 0 Å². The minimum absolute atomic E-state index is 0.0478. The van der Waals surface area contributed by atoms with Gasteiger partial charge in [-0.15, -0.1) is 23.1 Å². The fourth-order valence-corrected chi connectivity index (χ4v) is 5.31. The lowest BCUT2D eigenvalue weighted by Gasteiger charge is -2.49. The number of nitrogen functional groups attached to an aromatic ring is 1. The summed E-state index contributed by atoms with van der Waals surface area (Å²) in [6.07, 6.45) is 3.06. The fourth-order valence-electron chi connectivity index (χ4n) is 3.44. The topological polar surface area (TPSA) is 189 Å². The summed E-state index contributed by atoms with van der Waals surface area (Å²) < 4.78 is 15.1. The van der Waals surface area contributed by atoms with Crippen molar-refractivity contribution in [2.45, 2.75) is 39.1 Å². The number of rotatable bonds is 10. The molecule has 3 N–H and O–H groups in total. The van der Waals surface area contributed by atoms with Gasteiger partial charge in [0, 0.05) is 18.1 Å². The first-order valence-corrected chi connectivity index (χ1v) is 13.7. The second-order valence-electron chi connectivity index (χ2n) is 9.36. The molecule has 0 aliphatic carbocycles. The number of amides is 2. The zero-order valence-corrected chi connectivity index (χ0v) is 24.1. The van der Waals surface area contributed by atoms with Crippen molar-refractivity contribution >= 4 is 63.7 Å². The van der Waals surface area contributed by atoms with Gasteiger partial charge in [0.1, 0.15) is 36.5 Å². The monoisotopic (exact) mass is 595 g/mol. The van der Waals surface area contributed by atoms with E-state index < -0.39 is 53.3 Å². The summed E-state index contributed by atoms with van der Waals surface area (Å²) in [6.45, 7) is 5.50. The largest absolute Gasteiger partial charge is 0.462 e. The molecule has 2 aliphatic heterocycles. The molecule has 0 saturated carbocycles. The van der Waals surface area contributed by atoms with Gasteiger partial charge in [-0.2, -0.15) is 0 Å². The van der Waals surface area contributed by atoms with Crippen molar-refractivity contribution in [3.05, 3.63) is 34.5 Å². The van der Waals surface area contributed by atoms with Crippen LogP contribution >= 0.6 is 23.1 Å². The number of β-lactam (4-membered cyclic amide) rings is 1. The lowest BCUT2D eigenvalue weighted by molar-refractivity contribution is -0.173. The van der Waals surface area contributed by atoms with Gasteiger partial charge < -0.3 is 30.1 Å². The number of thioether (sulfide) groups is 1. The second kappa shape index (κ2) is 13.0. The van der Waals surface area contributed by atoms with Gasteiger partial charge in [0.25, 0.3) is 11.8 Å². The third-order valence-electron chi connectivity index (χ3n) is 5.33. The molecule has 2 atom stereocenters. The summed E-state index contributed by atoms with van der Waals surface area (Å²) in [5.74, 6) is -3.01. The van der Waals surface area contributed by atoms with Crippen LogP contribution in [0.4, 0.5) is 5.13 Å². The number of nitrogens with zero attached hydrogens (tertiary/aromatic N) is 3. The van der Waals surface area contributed by atoms with E-state index in [4.69, 9.17) is 24.8 Å². The molecule has 40 heavy (non-hydrogen) atoms. The highest BCUT2D eigenvalue weighted by Crippen LogP contribution is 2.41. The number of anilines is 1. The van der Waals surface area contributed by atoms with E-state index in [0.717, 1.165) is 11.3 Å². The molecule has 1 saturated heterocycles. The number of allylic oxidation sites excluding steroid dienone is 1. The smallest absolute Gasteiger partial charge is 0.358 e. The first kappa shape index (κ1) is 30.6. The molecule has 1 fully saturated rings. The van der Waals surface area contributed by atoms with E-state index in [1.165, 1.54) is 42.2 Å². The van der Waals surface area contributed by atoms with E-state index in [-0.39, 0.29) is 34.6 Å². The molecule has 3 heterocycles. The van der Waals surface area contributed by atoms with Crippen LogP contribution in [0.15, 0.2) is 34.0 Å². The van der Waals surface area contributed by atoms with Crippen molar-refractivity contribution in [2.75, 3.05) is 32.0 Å². The Bertz CT molecular complexity index is 1280. The molecule has 16 heteroatoms. The molecule has 216 valence electrons. The predicted molar refractivity (Wildman–Crippen MR) is 144 cm³/mol. The summed E-state index contributed by atoms with van der Waals surface area (Å²) in [7, 11) is 1.26. The van der Waals surface area contributed by atoms with Gasteiger partial charge in [-0.05, 0) is 32.4 Å². The molecule has 0 radical (unpaired) electrons. The molecule has 1 aromatic heterocycles. The average molecular weight is 596 g/mol. The molecule has 0 spiro atoms. The number of nitrogens with two attached hydrogens (primary N) is 1. The van der Waals surface area contributed by atoms with Crippen LogP contribution in [0.1, 0.15) is 33.4 Å². The van der Waals surface area contributed by atoms with E-state index in [0.29, 0.717) is 5.57 Å². The molecule has 2 amide bonds. The van der Waals surface area contributed by atoms with Crippen molar-refractivity contribution in [1.29, 1.82) is 0 Å². The second-order valence-corrected chi connectivity index (χ2v) is 11.4. The highest BCUT2D eigenvalue weighted by molar-refractivity contribution is 8.00. The standard InChI is InChI=1S/C24H29N5O9S2/c1-12(30)36-8-6-7-13-9-39-20-16(27-18(31)15(28-35-5)14-10-40-23(25)26-14)19(32)29(20)17(13)21(33)37-11-38-22(34)24(2,3)4/h6-7,10,16,20H,8-9,11H2,1-5H3,(H2,25,26)(H,27,31)/b7-6-,28-15-/t16-,20+/m1/s1. The van der Waals surface area contributed by atoms with Crippen LogP contribution in [0.3, 0.4) is 0 Å². The minimum Gasteiger partial charge on any atom is -0.462 e. The van der Waals surface area contributed by atoms with Gasteiger partial charge in [0.05, 0.1) is 5.41 Å². The Morgan fingerprint density at radius 2 is 1.98 bits per heavy atom. The number of carbonyl (C=O) groups excluding carboxylic acids is 5. The highest BCUT2D eigenvalue weighted by atomic mass is 32.2. The summed E-state index contributed by atoms with van der Waals surface area (Å²) in [4.78, 5) is 72.4. The van der Waals surface area contributed by atoms with E-state index in [9.17, 15) is 24.0 Å². The number of oxime groups is 1. The maximum atomic E-state index is 13.2. The Kier molecular flexibility index (Phi) is 9.92. The number of hydrogen-bond acceptors (Lipinski definition) is 14. The van der Waals surface area contributed by atoms with Crippen LogP contribution in [-0.2, 0) is 43.0 Å². The lowest BCUT2D eigenvalue weighted by Crippen LogP contribution is -2.71. The quantitative estimate of drug-likeness (QED) is 0.128. The van der Waals surface area contributed by atoms with Crippen molar-refractivity contribution in [3.63, 3.8) is 0 Å². The fraction of sp³-hybridized carbons (Fsp3) is 0.458. The Labute approximate surface area is 237 Å². The zero-order chi connectivity index (χ0) is 29.6. The highest BCUT2D eigenvalue weighted by Gasteiger charge is 2.54. The number of aromatic nitrogens is 1. The first-order chi connectivity index (χ1) is 18.8. The number of fused-ring (bicyclic) bond motifs is 1. The van der Waals surface area contributed by atoms with Crippen LogP contribution in [0, 0.1) is 5.41 Å². The Balaban J connectivity index is 1.79. The number of esters is 3. The molecule has 14 nitrogen and oxygen atoms in total. The lowest BCUT2D eigenvalue weighted by atomic mass is 9.98. The zero-order valence-electron chi connectivity index (χ0n) is 22.4. The Hall–Kier alpha value is -3.92. The maximum absolute atomic E-state index is 13.2. The minimum atomic E-state index is -0.997. The van der Waals surface area contributed by atoms with Gasteiger partial charge in [-0.3, -0.25) is 24.1 Å². The van der Waals surface area contributed by atoms with Gasteiger partial charge in [-0.25, -0.2) is 9.78 Å². The molecule has 0 aromatic carbocycles. The molecule has 0 bridgehead atoms. The molecular weight excluding hydrogens is 566 g/mol. The molecule has 0 unspecified atom stereocenters. The van der Waals surface area contributed by atoms with Gasteiger partial charge in [0.15, 0.2) is 10.8 Å². The average Bonchev–Trinajstić information content (AvgIpc) is 3.32. The van der Waals surface area contributed by atoms with Crippen LogP contribution in [-0.4, -0.2) is 83.0 Å². The van der Waals surface area contributed by atoms with Crippen LogP contribution in [0.2, 0.25) is 0 Å². The number of hydrogen-bond donors (Lipinski definition) is 2. The Morgan fingerprint density at radius 3 is 2.58 bits per heavy atom. The molecule has 3 rings (SSSR count). The van der Waals surface area contributed by atoms with Crippen molar-refractivity contribution in [2.24, 2.45) is 10.6 Å². The van der Waals surface area contributed by atoms with Gasteiger partial charge in [-0.1, -0.05) is 11.2 Å². The first-order valence-electron chi connectivity index (χ1n) is 11.8. The van der Waals surface area contributed by atoms with Crippen molar-refractivity contribution in [3.8, 4) is 0 Å². The maximum Gasteiger partial charge on any atom is 0.358 e. The van der Waals surface area contributed by atoms with Crippen LogP contribution < -0.4 is 11.1 Å². The van der Waals surface area contributed by atoms with Gasteiger partial charge >= 0.3 is 17.9 Å². The normalized spacial score (nSPS) is 19.1. The summed E-state index contributed by atoms with van der Waals surface area (Å²) in [6, 6.07) is -0.997. The third-order valence-corrected chi connectivity index (χ3v) is 7.31. The summed E-state index contributed by atoms with van der Waals surface area (Å²) in [5, 5.41) is 7.42. The molecular formula is C24H29N5O9S2. The van der Waals surface area contributed by atoms with E-state index in [1.807, 2.05) is 0 Å². The van der Waals surface area contributed by atoms with E-state index in [2.05, 4.69) is 15.5 Å². The van der Waals surface area contributed by atoms with Crippen molar-refractivity contribution < 1.29 is 43.0 Å². The third kappa shape index (κ3) is 7.18. The SMILES string of the molecule is CO/N=C(\C(=O)N[C@@H]1C(=O)N2C(C(=O)OCOC(=O)C(C)(C)C)=C(/C=C\COC(C)=O)CS[C@@H]12)c1csc(N)n1. The number of ether oxygens (including phenoxy) is 3. The van der Waals surface area contributed by atoms with Crippen molar-refractivity contribution in [1.82, 2.24) is 15.2 Å². The van der Waals surface area contributed by atoms with E-state index >= 15 is 0 Å². The Morgan fingerprint density at radius 1 is 1.25 bits per heavy atom. The number of carbonyl (C=O) groups is 5. The predicted octanol–water partition coefficient (Wildman–Crippen LogP) is 0.939.